The minimum atomic E-state index is -0.0399. The number of rotatable bonds is 6. The van der Waals surface area contributed by atoms with E-state index in [1.54, 1.807) is 0 Å². The Morgan fingerprint density at radius 3 is 1.86 bits per heavy atom. The van der Waals surface area contributed by atoms with Gasteiger partial charge in [-0.15, -0.1) is 47.5 Å². The molecule has 0 atom stereocenters. The SMILES string of the molecule is CC(C)(C)c1ccnc(-c2[c-]c(Oc3[c-]c(-c4cc5c(cn4)c4cccc6c7cc(-c8ccc(-c9ccccc9)cc8C(C)(C)C)ccc7n5c64)ccc3)ccc2)c1.[Pt+2]. The monoisotopic (exact) mass is 944 g/mol. The molecule has 10 rings (SSSR count). The Labute approximate surface area is 360 Å². The Kier molecular flexibility index (Phi) is 9.53. The molecule has 0 aliphatic carbocycles. The van der Waals surface area contributed by atoms with Gasteiger partial charge in [0.05, 0.1) is 11.0 Å². The summed E-state index contributed by atoms with van der Waals surface area (Å²) >= 11 is 0. The second-order valence-corrected chi connectivity index (χ2v) is 17.4. The first-order chi connectivity index (χ1) is 28.0. The molecule has 0 amide bonds. The minimum Gasteiger partial charge on any atom is -0.497 e. The van der Waals surface area contributed by atoms with Gasteiger partial charge >= 0.3 is 21.1 Å². The van der Waals surface area contributed by atoms with Crippen LogP contribution in [0.1, 0.15) is 52.7 Å². The van der Waals surface area contributed by atoms with Crippen LogP contribution >= 0.6 is 0 Å². The Morgan fingerprint density at radius 2 is 1.17 bits per heavy atom. The van der Waals surface area contributed by atoms with E-state index in [9.17, 15) is 0 Å². The van der Waals surface area contributed by atoms with Crippen LogP contribution in [0.4, 0.5) is 0 Å². The van der Waals surface area contributed by atoms with Crippen LogP contribution < -0.4 is 4.74 Å². The molecular weight excluding hydrogens is 902 g/mol. The van der Waals surface area contributed by atoms with Crippen molar-refractivity contribution >= 4 is 38.1 Å². The molecule has 0 aliphatic heterocycles. The van der Waals surface area contributed by atoms with Crippen LogP contribution in [0.2, 0.25) is 0 Å². The number of aromatic nitrogens is 3. The first-order valence-corrected chi connectivity index (χ1v) is 20.0. The van der Waals surface area contributed by atoms with Crippen molar-refractivity contribution in [2.45, 2.75) is 52.4 Å². The van der Waals surface area contributed by atoms with Crippen molar-refractivity contribution in [1.29, 1.82) is 0 Å². The summed E-state index contributed by atoms with van der Waals surface area (Å²) in [5, 5.41) is 4.81. The summed E-state index contributed by atoms with van der Waals surface area (Å²) in [6, 6.07) is 56.4. The zero-order valence-corrected chi connectivity index (χ0v) is 36.3. The molecule has 0 fully saturated rings. The molecule has 0 saturated carbocycles. The van der Waals surface area contributed by atoms with Crippen molar-refractivity contribution < 1.29 is 25.8 Å². The van der Waals surface area contributed by atoms with Gasteiger partial charge in [0.25, 0.3) is 0 Å². The van der Waals surface area contributed by atoms with Crippen LogP contribution in [0.15, 0.2) is 152 Å². The van der Waals surface area contributed by atoms with Crippen molar-refractivity contribution in [2.75, 3.05) is 0 Å². The second kappa shape index (κ2) is 14.6. The Balaban J connectivity index is 0.00000449. The van der Waals surface area contributed by atoms with Gasteiger partial charge in [0.1, 0.15) is 0 Å². The fraction of sp³-hybridized carbons (Fsp3) is 0.148. The Morgan fingerprint density at radius 1 is 0.508 bits per heavy atom. The maximum atomic E-state index is 6.37. The van der Waals surface area contributed by atoms with Gasteiger partial charge in [0.2, 0.25) is 0 Å². The number of nitrogens with zero attached hydrogens (tertiary/aromatic N) is 3. The van der Waals surface area contributed by atoms with E-state index in [2.05, 4.69) is 166 Å². The first kappa shape index (κ1) is 38.4. The molecule has 0 unspecified atom stereocenters. The summed E-state index contributed by atoms with van der Waals surface area (Å²) in [7, 11) is 0. The smallest absolute Gasteiger partial charge is 0.497 e. The fourth-order valence-corrected chi connectivity index (χ4v) is 8.39. The van der Waals surface area contributed by atoms with Crippen LogP contribution in [-0.4, -0.2) is 14.4 Å². The van der Waals surface area contributed by atoms with Crippen molar-refractivity contribution in [3.05, 3.63) is 175 Å². The standard InChI is InChI=1S/C54H43N3O.Pt/c1-53(2,3)39-25-26-55-48(31-39)37-15-10-17-40(27-37)58-41-18-11-16-38(28-41)49-32-51-46(33-56-49)44-20-12-19-43-45-29-36(22-24-50(45)57(51)52(43)44)42-23-21-35(30-47(42)54(4,5)6)34-13-8-7-9-14-34;/h7-26,29-33H,1-6H3;/q-2;+2. The summed E-state index contributed by atoms with van der Waals surface area (Å²) in [5.74, 6) is 1.20. The van der Waals surface area contributed by atoms with Gasteiger partial charge in [-0.2, -0.15) is 0 Å². The van der Waals surface area contributed by atoms with Gasteiger partial charge in [-0.1, -0.05) is 139 Å². The molecule has 6 aromatic carbocycles. The molecule has 0 radical (unpaired) electrons. The van der Waals surface area contributed by atoms with Crippen molar-refractivity contribution in [3.63, 3.8) is 0 Å². The average molecular weight is 945 g/mol. The number of para-hydroxylation sites is 1. The fourth-order valence-electron chi connectivity index (χ4n) is 8.39. The quantitative estimate of drug-likeness (QED) is 0.156. The van der Waals surface area contributed by atoms with E-state index < -0.39 is 0 Å². The number of benzene rings is 6. The van der Waals surface area contributed by atoms with Gasteiger partial charge in [-0.05, 0) is 73.8 Å². The average Bonchev–Trinajstić information content (AvgIpc) is 3.75. The molecule has 4 nitrogen and oxygen atoms in total. The normalized spacial score (nSPS) is 12.1. The maximum absolute atomic E-state index is 6.37. The third kappa shape index (κ3) is 6.90. The molecule has 5 heteroatoms. The van der Waals surface area contributed by atoms with Gasteiger partial charge in [-0.3, -0.25) is 0 Å². The topological polar surface area (TPSA) is 39.4 Å². The van der Waals surface area contributed by atoms with Gasteiger partial charge in [0, 0.05) is 51.0 Å². The van der Waals surface area contributed by atoms with E-state index in [1.807, 2.05) is 48.8 Å². The Bertz CT molecular complexity index is 3170. The third-order valence-corrected chi connectivity index (χ3v) is 11.4. The van der Waals surface area contributed by atoms with E-state index >= 15 is 0 Å². The Hall–Kier alpha value is -6.09. The van der Waals surface area contributed by atoms with Crippen molar-refractivity contribution in [3.8, 4) is 56.3 Å². The summed E-state index contributed by atoms with van der Waals surface area (Å²) in [6.07, 6.45) is 3.87. The van der Waals surface area contributed by atoms with Crippen LogP contribution in [-0.2, 0) is 31.9 Å². The maximum Gasteiger partial charge on any atom is 2.00 e. The van der Waals surface area contributed by atoms with Crippen LogP contribution in [0.5, 0.6) is 11.5 Å². The zero-order valence-electron chi connectivity index (χ0n) is 34.0. The summed E-state index contributed by atoms with van der Waals surface area (Å²) in [4.78, 5) is 9.61. The van der Waals surface area contributed by atoms with E-state index in [4.69, 9.17) is 9.72 Å². The predicted octanol–water partition coefficient (Wildman–Crippen LogP) is 14.3. The predicted molar refractivity (Wildman–Crippen MR) is 240 cm³/mol. The largest absolute Gasteiger partial charge is 2.00 e. The van der Waals surface area contributed by atoms with E-state index in [0.29, 0.717) is 11.5 Å². The zero-order chi connectivity index (χ0) is 39.8. The molecule has 10 aromatic rings. The second-order valence-electron chi connectivity index (χ2n) is 17.4. The van der Waals surface area contributed by atoms with E-state index in [0.717, 1.165) is 33.4 Å². The molecule has 0 aliphatic rings. The number of fused-ring (bicyclic) bond motifs is 6. The molecule has 290 valence electrons. The minimum absolute atomic E-state index is 0. The molecule has 4 aromatic heterocycles. The molecule has 0 bridgehead atoms. The molecule has 0 spiro atoms. The van der Waals surface area contributed by atoms with Crippen LogP contribution in [0, 0.1) is 12.1 Å². The number of hydrogen-bond donors (Lipinski definition) is 0. The van der Waals surface area contributed by atoms with Gasteiger partial charge in [-0.25, -0.2) is 0 Å². The molecule has 59 heavy (non-hydrogen) atoms. The van der Waals surface area contributed by atoms with E-state index in [1.165, 1.54) is 60.6 Å². The van der Waals surface area contributed by atoms with Crippen molar-refractivity contribution in [1.82, 2.24) is 14.4 Å². The van der Waals surface area contributed by atoms with Crippen molar-refractivity contribution in [2.24, 2.45) is 0 Å². The number of pyridine rings is 2. The van der Waals surface area contributed by atoms with Gasteiger partial charge < -0.3 is 19.1 Å². The number of ether oxygens (including phenoxy) is 1. The van der Waals surface area contributed by atoms with Crippen LogP contribution in [0.25, 0.3) is 82.9 Å². The summed E-state index contributed by atoms with van der Waals surface area (Å²) in [5.41, 5.74) is 14.5. The number of hydrogen-bond acceptors (Lipinski definition) is 3. The molecular formula is C54H43N3OPt. The summed E-state index contributed by atoms with van der Waals surface area (Å²) < 4.78 is 8.78. The van der Waals surface area contributed by atoms with Gasteiger partial charge in [0.15, 0.2) is 0 Å². The summed E-state index contributed by atoms with van der Waals surface area (Å²) in [6.45, 7) is 13.5. The molecule has 0 N–H and O–H groups in total. The first-order valence-electron chi connectivity index (χ1n) is 20.0. The third-order valence-electron chi connectivity index (χ3n) is 11.4. The molecule has 0 saturated heterocycles. The molecule has 4 heterocycles. The van der Waals surface area contributed by atoms with E-state index in [-0.39, 0.29) is 31.9 Å². The van der Waals surface area contributed by atoms with Crippen LogP contribution in [0.3, 0.4) is 0 Å².